The molecule has 0 saturated carbocycles. The van der Waals surface area contributed by atoms with E-state index in [1.807, 2.05) is 11.8 Å². The predicted molar refractivity (Wildman–Crippen MR) is 80.7 cm³/mol. The minimum Gasteiger partial charge on any atom is -0.376 e. The van der Waals surface area contributed by atoms with Crippen LogP contribution in [-0.4, -0.2) is 54.8 Å². The van der Waals surface area contributed by atoms with E-state index in [4.69, 9.17) is 9.47 Å². The van der Waals surface area contributed by atoms with Crippen LogP contribution in [0.15, 0.2) is 0 Å². The van der Waals surface area contributed by atoms with Crippen molar-refractivity contribution in [1.29, 1.82) is 0 Å². The normalized spacial score (nSPS) is 26.9. The second-order valence-electron chi connectivity index (χ2n) is 5.75. The van der Waals surface area contributed by atoms with Gasteiger partial charge in [0, 0.05) is 23.9 Å². The molecule has 5 nitrogen and oxygen atoms in total. The van der Waals surface area contributed by atoms with Gasteiger partial charge in [-0.1, -0.05) is 0 Å². The second kappa shape index (κ2) is 6.42. The Hall–Kier alpha value is -0.980. The topological polar surface area (TPSA) is 51.7 Å². The van der Waals surface area contributed by atoms with E-state index in [1.54, 1.807) is 11.3 Å². The van der Waals surface area contributed by atoms with Crippen LogP contribution in [-0.2, 0) is 14.3 Å². The Labute approximate surface area is 129 Å². The summed E-state index contributed by atoms with van der Waals surface area (Å²) >= 11 is 1.77. The highest BCUT2D eigenvalue weighted by molar-refractivity contribution is 7.11. The van der Waals surface area contributed by atoms with Crippen LogP contribution in [0.25, 0.3) is 0 Å². The van der Waals surface area contributed by atoms with Gasteiger partial charge in [-0.2, -0.15) is 0 Å². The molecular weight excluding hydrogens is 288 g/mol. The highest BCUT2D eigenvalue weighted by atomic mass is 32.1. The van der Waals surface area contributed by atoms with Crippen LogP contribution in [0, 0.1) is 13.8 Å². The van der Waals surface area contributed by atoms with E-state index in [1.165, 1.54) is 9.88 Å². The molecule has 0 aliphatic carbocycles. The average Bonchev–Trinajstić information content (AvgIpc) is 2.87. The summed E-state index contributed by atoms with van der Waals surface area (Å²) in [5.41, 5.74) is 1.11. The average molecular weight is 310 g/mol. The first-order valence-electron chi connectivity index (χ1n) is 7.57. The first kappa shape index (κ1) is 14.9. The first-order chi connectivity index (χ1) is 10.1. The van der Waals surface area contributed by atoms with Gasteiger partial charge in [-0.25, -0.2) is 4.98 Å². The van der Waals surface area contributed by atoms with Crippen molar-refractivity contribution in [1.82, 2.24) is 9.88 Å². The summed E-state index contributed by atoms with van der Waals surface area (Å²) in [4.78, 5) is 20.4. The molecule has 116 valence electrons. The summed E-state index contributed by atoms with van der Waals surface area (Å²) in [6, 6.07) is 0. The van der Waals surface area contributed by atoms with Crippen molar-refractivity contribution in [3.63, 3.8) is 0 Å². The minimum absolute atomic E-state index is 0.0735. The Morgan fingerprint density at radius 3 is 2.90 bits per heavy atom. The lowest BCUT2D eigenvalue weighted by Crippen LogP contribution is -2.48. The van der Waals surface area contributed by atoms with Crippen molar-refractivity contribution in [3.8, 4) is 0 Å². The smallest absolute Gasteiger partial charge is 0.254 e. The molecule has 3 rings (SSSR count). The fourth-order valence-electron chi connectivity index (χ4n) is 2.89. The molecule has 1 aromatic heterocycles. The first-order valence-corrected chi connectivity index (χ1v) is 8.39. The molecule has 2 aliphatic heterocycles. The number of ether oxygens (including phenoxy) is 2. The number of hydrogen-bond acceptors (Lipinski definition) is 5. The number of carbonyl (C=O) groups is 1. The zero-order valence-corrected chi connectivity index (χ0v) is 13.4. The van der Waals surface area contributed by atoms with Crippen molar-refractivity contribution in [3.05, 3.63) is 15.6 Å². The molecule has 0 radical (unpaired) electrons. The summed E-state index contributed by atoms with van der Waals surface area (Å²) in [7, 11) is 0. The zero-order chi connectivity index (χ0) is 14.8. The summed E-state index contributed by atoms with van der Waals surface area (Å²) in [5.74, 6) is 0.439. The number of piperidine rings is 1. The Bertz CT molecular complexity index is 492. The molecule has 1 aromatic rings. The van der Waals surface area contributed by atoms with Gasteiger partial charge < -0.3 is 14.4 Å². The number of hydrogen-bond donors (Lipinski definition) is 0. The zero-order valence-electron chi connectivity index (χ0n) is 12.6. The maximum Gasteiger partial charge on any atom is 0.254 e. The van der Waals surface area contributed by atoms with E-state index in [9.17, 15) is 4.79 Å². The van der Waals surface area contributed by atoms with E-state index in [0.717, 1.165) is 31.6 Å². The predicted octanol–water partition coefficient (Wildman–Crippen LogP) is 1.88. The second-order valence-corrected chi connectivity index (χ2v) is 6.99. The molecule has 2 fully saturated rings. The Kier molecular flexibility index (Phi) is 4.57. The van der Waals surface area contributed by atoms with Crippen LogP contribution in [0.2, 0.25) is 0 Å². The van der Waals surface area contributed by atoms with Gasteiger partial charge in [0.25, 0.3) is 5.91 Å². The largest absolute Gasteiger partial charge is 0.376 e. The van der Waals surface area contributed by atoms with Crippen LogP contribution in [0.1, 0.15) is 34.3 Å². The summed E-state index contributed by atoms with van der Waals surface area (Å²) in [6.07, 6.45) is 1.72. The van der Waals surface area contributed by atoms with Crippen LogP contribution in [0.4, 0.5) is 0 Å². The lowest BCUT2D eigenvalue weighted by molar-refractivity contribution is -0.159. The van der Waals surface area contributed by atoms with Gasteiger partial charge in [0.2, 0.25) is 0 Å². The van der Waals surface area contributed by atoms with Crippen molar-refractivity contribution < 1.29 is 14.3 Å². The molecule has 3 heterocycles. The van der Waals surface area contributed by atoms with Gasteiger partial charge >= 0.3 is 0 Å². The van der Waals surface area contributed by atoms with E-state index in [2.05, 4.69) is 11.9 Å². The number of amides is 1. The molecule has 2 aliphatic rings. The lowest BCUT2D eigenvalue weighted by atomic mass is 9.98. The number of aromatic nitrogens is 1. The van der Waals surface area contributed by atoms with Crippen LogP contribution < -0.4 is 0 Å². The van der Waals surface area contributed by atoms with Crippen molar-refractivity contribution in [2.45, 2.75) is 38.7 Å². The van der Waals surface area contributed by atoms with E-state index in [0.29, 0.717) is 25.7 Å². The fourth-order valence-corrected chi connectivity index (χ4v) is 3.93. The molecule has 1 amide bonds. The molecule has 0 N–H and O–H groups in total. The summed E-state index contributed by atoms with van der Waals surface area (Å²) in [6.45, 7) is 7.21. The third-order valence-corrected chi connectivity index (χ3v) is 5.45. The standard InChI is InChI=1S/C15H22N2O3S/c1-10-11(2)21-14(16-10)12-4-3-5-17(8-12)15(18)13-9-19-6-7-20-13/h12-13H,3-9H2,1-2H3/t12-,13+/m1/s1. The molecular formula is C15H22N2O3S. The Balaban J connectivity index is 1.66. The molecule has 0 spiro atoms. The van der Waals surface area contributed by atoms with Crippen molar-refractivity contribution in [2.75, 3.05) is 32.9 Å². The highest BCUT2D eigenvalue weighted by Crippen LogP contribution is 2.31. The molecule has 2 atom stereocenters. The number of aryl methyl sites for hydroxylation is 2. The number of likely N-dealkylation sites (tertiary alicyclic amines) is 1. The minimum atomic E-state index is -0.419. The molecule has 21 heavy (non-hydrogen) atoms. The monoisotopic (exact) mass is 310 g/mol. The van der Waals surface area contributed by atoms with Gasteiger partial charge in [0.05, 0.1) is 30.5 Å². The maximum atomic E-state index is 12.5. The molecule has 6 heteroatoms. The number of carbonyl (C=O) groups excluding carboxylic acids is 1. The molecule has 0 unspecified atom stereocenters. The maximum absolute atomic E-state index is 12.5. The third-order valence-electron chi connectivity index (χ3n) is 4.22. The van der Waals surface area contributed by atoms with Crippen LogP contribution in [0.3, 0.4) is 0 Å². The van der Waals surface area contributed by atoms with Crippen molar-refractivity contribution >= 4 is 17.2 Å². The van der Waals surface area contributed by atoms with Crippen molar-refractivity contribution in [2.24, 2.45) is 0 Å². The van der Waals surface area contributed by atoms with Gasteiger partial charge in [-0.05, 0) is 26.7 Å². The number of rotatable bonds is 2. The van der Waals surface area contributed by atoms with Gasteiger partial charge in [-0.3, -0.25) is 4.79 Å². The third kappa shape index (κ3) is 3.27. The molecule has 0 aromatic carbocycles. The Morgan fingerprint density at radius 2 is 2.24 bits per heavy atom. The highest BCUT2D eigenvalue weighted by Gasteiger charge is 2.32. The summed E-state index contributed by atoms with van der Waals surface area (Å²) < 4.78 is 10.9. The Morgan fingerprint density at radius 1 is 1.38 bits per heavy atom. The van der Waals surface area contributed by atoms with Crippen LogP contribution >= 0.6 is 11.3 Å². The van der Waals surface area contributed by atoms with E-state index < -0.39 is 6.10 Å². The SMILES string of the molecule is Cc1nc([C@@H]2CCCN(C(=O)[C@@H]3COCCO3)C2)sc1C. The summed E-state index contributed by atoms with van der Waals surface area (Å²) in [5, 5.41) is 1.17. The van der Waals surface area contributed by atoms with Gasteiger partial charge in [0.15, 0.2) is 6.10 Å². The molecule has 2 saturated heterocycles. The van der Waals surface area contributed by atoms with Crippen LogP contribution in [0.5, 0.6) is 0 Å². The van der Waals surface area contributed by atoms with Gasteiger partial charge in [0.1, 0.15) is 0 Å². The molecule has 0 bridgehead atoms. The fraction of sp³-hybridized carbons (Fsp3) is 0.733. The van der Waals surface area contributed by atoms with E-state index in [-0.39, 0.29) is 5.91 Å². The number of nitrogens with zero attached hydrogens (tertiary/aromatic N) is 2. The van der Waals surface area contributed by atoms with Gasteiger partial charge in [-0.15, -0.1) is 11.3 Å². The number of thiazole rings is 1. The lowest BCUT2D eigenvalue weighted by Gasteiger charge is -2.35. The van der Waals surface area contributed by atoms with E-state index >= 15 is 0 Å². The quantitative estimate of drug-likeness (QED) is 0.837.